The summed E-state index contributed by atoms with van der Waals surface area (Å²) in [5.74, 6) is 0. The summed E-state index contributed by atoms with van der Waals surface area (Å²) < 4.78 is 27.3. The number of nitrogens with one attached hydrogen (secondary N) is 1. The minimum absolute atomic E-state index is 0.126. The minimum Gasteiger partial charge on any atom is -0.399 e. The van der Waals surface area contributed by atoms with Gasteiger partial charge in [0.25, 0.3) is 0 Å². The molecule has 0 saturated carbocycles. The Hall–Kier alpha value is -0.960. The number of sulfonamides is 1. The molecule has 1 aromatic carbocycles. The Labute approximate surface area is 124 Å². The molecule has 2 rings (SSSR count). The number of aromatic nitrogens is 1. The van der Waals surface area contributed by atoms with E-state index in [1.54, 1.807) is 12.1 Å². The predicted molar refractivity (Wildman–Crippen MR) is 79.4 cm³/mol. The molecule has 0 bridgehead atoms. The second-order valence-corrected chi connectivity index (χ2v) is 7.43. The Morgan fingerprint density at radius 3 is 2.84 bits per heavy atom. The van der Waals surface area contributed by atoms with Gasteiger partial charge in [0.05, 0.1) is 11.4 Å². The minimum atomic E-state index is -3.61. The van der Waals surface area contributed by atoms with Crippen molar-refractivity contribution in [2.75, 3.05) is 5.73 Å². The van der Waals surface area contributed by atoms with Crippen LogP contribution in [-0.4, -0.2) is 13.4 Å². The van der Waals surface area contributed by atoms with Crippen LogP contribution in [0.2, 0.25) is 0 Å². The SMILES string of the molecule is Cc1csc(CNS(=O)(=O)c2cc(N)ccc2Br)n1. The molecule has 2 aromatic rings. The lowest BCUT2D eigenvalue weighted by molar-refractivity contribution is 0.580. The quantitative estimate of drug-likeness (QED) is 0.818. The van der Waals surface area contributed by atoms with E-state index in [1.807, 2.05) is 12.3 Å². The molecule has 0 atom stereocenters. The topological polar surface area (TPSA) is 85.1 Å². The van der Waals surface area contributed by atoms with Gasteiger partial charge in [-0.25, -0.2) is 18.1 Å². The molecule has 0 amide bonds. The van der Waals surface area contributed by atoms with Gasteiger partial charge in [0.15, 0.2) is 0 Å². The zero-order valence-electron chi connectivity index (χ0n) is 10.1. The number of nitrogen functional groups attached to an aromatic ring is 1. The molecular weight excluding hydrogens is 350 g/mol. The number of hydrogen-bond acceptors (Lipinski definition) is 5. The van der Waals surface area contributed by atoms with Crippen molar-refractivity contribution in [1.82, 2.24) is 9.71 Å². The van der Waals surface area contributed by atoms with Crippen molar-refractivity contribution in [3.63, 3.8) is 0 Å². The molecule has 0 unspecified atom stereocenters. The Morgan fingerprint density at radius 2 is 2.21 bits per heavy atom. The lowest BCUT2D eigenvalue weighted by atomic mass is 10.3. The van der Waals surface area contributed by atoms with E-state index in [2.05, 4.69) is 25.6 Å². The first kappa shape index (κ1) is 14.4. The van der Waals surface area contributed by atoms with E-state index >= 15 is 0 Å². The average Bonchev–Trinajstić information content (AvgIpc) is 2.76. The molecule has 5 nitrogen and oxygen atoms in total. The number of aryl methyl sites for hydroxylation is 1. The van der Waals surface area contributed by atoms with Crippen molar-refractivity contribution in [3.8, 4) is 0 Å². The van der Waals surface area contributed by atoms with E-state index in [1.165, 1.54) is 17.4 Å². The molecule has 1 heterocycles. The van der Waals surface area contributed by atoms with Crippen LogP contribution in [0.1, 0.15) is 10.7 Å². The van der Waals surface area contributed by atoms with Gasteiger partial charge in [0, 0.05) is 21.2 Å². The molecular formula is C11H12BrN3O2S2. The van der Waals surface area contributed by atoms with Crippen LogP contribution in [0.3, 0.4) is 0 Å². The van der Waals surface area contributed by atoms with E-state index < -0.39 is 10.0 Å². The first-order chi connectivity index (χ1) is 8.88. The molecule has 3 N–H and O–H groups in total. The van der Waals surface area contributed by atoms with Gasteiger partial charge in [0.2, 0.25) is 10.0 Å². The second kappa shape index (κ2) is 5.58. The number of rotatable bonds is 4. The van der Waals surface area contributed by atoms with Gasteiger partial charge < -0.3 is 5.73 Å². The standard InChI is InChI=1S/C11H12BrN3O2S2/c1-7-6-18-11(15-7)5-14-19(16,17)10-4-8(13)2-3-9(10)12/h2-4,6,14H,5,13H2,1H3. The van der Waals surface area contributed by atoms with Gasteiger partial charge in [-0.15, -0.1) is 11.3 Å². The zero-order chi connectivity index (χ0) is 14.0. The smallest absolute Gasteiger partial charge is 0.242 e. The monoisotopic (exact) mass is 361 g/mol. The van der Waals surface area contributed by atoms with Gasteiger partial charge in [0.1, 0.15) is 5.01 Å². The van der Waals surface area contributed by atoms with Crippen LogP contribution in [0.4, 0.5) is 5.69 Å². The first-order valence-corrected chi connectivity index (χ1v) is 8.50. The van der Waals surface area contributed by atoms with Crippen LogP contribution in [-0.2, 0) is 16.6 Å². The van der Waals surface area contributed by atoms with E-state index in [0.29, 0.717) is 10.2 Å². The van der Waals surface area contributed by atoms with Crippen molar-refractivity contribution in [3.05, 3.63) is 38.8 Å². The number of halogens is 1. The maximum absolute atomic E-state index is 12.2. The lowest BCUT2D eigenvalue weighted by Gasteiger charge is -2.08. The molecule has 102 valence electrons. The second-order valence-electron chi connectivity index (χ2n) is 3.90. The molecule has 0 aliphatic carbocycles. The van der Waals surface area contributed by atoms with E-state index in [9.17, 15) is 8.42 Å². The largest absolute Gasteiger partial charge is 0.399 e. The van der Waals surface area contributed by atoms with Gasteiger partial charge in [-0.05, 0) is 41.1 Å². The fraction of sp³-hybridized carbons (Fsp3) is 0.182. The van der Waals surface area contributed by atoms with Gasteiger partial charge in [-0.3, -0.25) is 0 Å². The summed E-state index contributed by atoms with van der Waals surface area (Å²) in [6.45, 7) is 2.03. The molecule has 8 heteroatoms. The molecule has 0 aliphatic heterocycles. The predicted octanol–water partition coefficient (Wildman–Crippen LogP) is 2.27. The molecule has 0 radical (unpaired) electrons. The van der Waals surface area contributed by atoms with Crippen molar-refractivity contribution >= 4 is 43.0 Å². The molecule has 0 saturated heterocycles. The average molecular weight is 362 g/mol. The number of hydrogen-bond donors (Lipinski definition) is 2. The fourth-order valence-corrected chi connectivity index (χ4v) is 4.23. The van der Waals surface area contributed by atoms with Gasteiger partial charge in [-0.2, -0.15) is 0 Å². The highest BCUT2D eigenvalue weighted by molar-refractivity contribution is 9.10. The van der Waals surface area contributed by atoms with Crippen LogP contribution >= 0.6 is 27.3 Å². The Kier molecular flexibility index (Phi) is 4.24. The molecule has 0 spiro atoms. The highest BCUT2D eigenvalue weighted by atomic mass is 79.9. The maximum atomic E-state index is 12.2. The van der Waals surface area contributed by atoms with Crippen molar-refractivity contribution < 1.29 is 8.42 Å². The summed E-state index contributed by atoms with van der Waals surface area (Å²) in [4.78, 5) is 4.33. The summed E-state index contributed by atoms with van der Waals surface area (Å²) in [6.07, 6.45) is 0. The number of nitrogens with two attached hydrogens (primary N) is 1. The summed E-state index contributed by atoms with van der Waals surface area (Å²) in [7, 11) is -3.61. The molecule has 1 aromatic heterocycles. The third kappa shape index (κ3) is 3.53. The van der Waals surface area contributed by atoms with Crippen LogP contribution in [0.15, 0.2) is 32.9 Å². The van der Waals surface area contributed by atoms with Crippen LogP contribution in [0.5, 0.6) is 0 Å². The van der Waals surface area contributed by atoms with Gasteiger partial charge in [-0.1, -0.05) is 0 Å². The Morgan fingerprint density at radius 1 is 1.47 bits per heavy atom. The van der Waals surface area contributed by atoms with E-state index in [-0.39, 0.29) is 11.4 Å². The third-order valence-corrected chi connectivity index (χ3v) is 5.69. The summed E-state index contributed by atoms with van der Waals surface area (Å²) >= 11 is 4.63. The Bertz CT molecular complexity index is 698. The highest BCUT2D eigenvalue weighted by Crippen LogP contribution is 2.24. The number of benzene rings is 1. The number of nitrogens with zero attached hydrogens (tertiary/aromatic N) is 1. The number of thiazole rings is 1. The van der Waals surface area contributed by atoms with E-state index in [0.717, 1.165) is 10.7 Å². The summed E-state index contributed by atoms with van der Waals surface area (Å²) in [6, 6.07) is 4.66. The normalized spacial score (nSPS) is 11.7. The van der Waals surface area contributed by atoms with Gasteiger partial charge >= 0.3 is 0 Å². The third-order valence-electron chi connectivity index (χ3n) is 2.32. The fourth-order valence-electron chi connectivity index (χ4n) is 1.44. The van der Waals surface area contributed by atoms with Crippen molar-refractivity contribution in [1.29, 1.82) is 0 Å². The maximum Gasteiger partial charge on any atom is 0.242 e. The molecule has 19 heavy (non-hydrogen) atoms. The zero-order valence-corrected chi connectivity index (χ0v) is 13.3. The van der Waals surface area contributed by atoms with Crippen LogP contribution in [0.25, 0.3) is 0 Å². The van der Waals surface area contributed by atoms with Crippen molar-refractivity contribution in [2.24, 2.45) is 0 Å². The Balaban J connectivity index is 2.20. The molecule has 0 aliphatic rings. The molecule has 0 fully saturated rings. The summed E-state index contributed by atoms with van der Waals surface area (Å²) in [5.41, 5.74) is 6.89. The highest BCUT2D eigenvalue weighted by Gasteiger charge is 2.18. The first-order valence-electron chi connectivity index (χ1n) is 5.34. The van der Waals surface area contributed by atoms with Crippen LogP contribution < -0.4 is 10.5 Å². The lowest BCUT2D eigenvalue weighted by Crippen LogP contribution is -2.23. The number of anilines is 1. The van der Waals surface area contributed by atoms with Crippen molar-refractivity contribution in [2.45, 2.75) is 18.4 Å². The van der Waals surface area contributed by atoms with E-state index in [4.69, 9.17) is 5.73 Å². The summed E-state index contributed by atoms with van der Waals surface area (Å²) in [5, 5.41) is 2.60. The van der Waals surface area contributed by atoms with Crippen LogP contribution in [0, 0.1) is 6.92 Å².